The van der Waals surface area contributed by atoms with Crippen LogP contribution >= 0.6 is 0 Å². The first-order valence-corrected chi connectivity index (χ1v) is 11.0. The average Bonchev–Trinajstić information content (AvgIpc) is 3.04. The molecule has 9 nitrogen and oxygen atoms in total. The van der Waals surface area contributed by atoms with Crippen LogP contribution in [0, 0.1) is 5.92 Å². The summed E-state index contributed by atoms with van der Waals surface area (Å²) in [7, 11) is -2.09. The molecular weight excluding hydrogens is 396 g/mol. The summed E-state index contributed by atoms with van der Waals surface area (Å²) in [5.74, 6) is -0.141. The van der Waals surface area contributed by atoms with Crippen LogP contribution in [0.15, 0.2) is 33.6 Å². The van der Waals surface area contributed by atoms with E-state index in [1.54, 1.807) is 33.9 Å². The molecule has 29 heavy (non-hydrogen) atoms. The van der Waals surface area contributed by atoms with E-state index in [9.17, 15) is 18.0 Å². The van der Waals surface area contributed by atoms with Crippen molar-refractivity contribution < 1.29 is 22.7 Å². The van der Waals surface area contributed by atoms with Gasteiger partial charge in [-0.1, -0.05) is 19.9 Å². The van der Waals surface area contributed by atoms with E-state index in [4.69, 9.17) is 4.74 Å². The number of rotatable bonds is 7. The maximum absolute atomic E-state index is 12.6. The molecule has 1 aromatic rings. The number of hydrogen-bond donors (Lipinski definition) is 2. The summed E-state index contributed by atoms with van der Waals surface area (Å²) >= 11 is 0. The molecule has 1 aliphatic rings. The van der Waals surface area contributed by atoms with Crippen LogP contribution in [0.3, 0.4) is 0 Å². The number of nitrogens with zero attached hydrogens (tertiary/aromatic N) is 2. The van der Waals surface area contributed by atoms with Gasteiger partial charge in [-0.2, -0.15) is 8.42 Å². The third-order valence-electron chi connectivity index (χ3n) is 4.46. The third-order valence-corrected chi connectivity index (χ3v) is 5.76. The Kier molecular flexibility index (Phi) is 7.60. The maximum Gasteiger partial charge on any atom is 0.407 e. The first-order chi connectivity index (χ1) is 13.6. The number of amides is 2. The zero-order valence-corrected chi connectivity index (χ0v) is 18.0. The summed E-state index contributed by atoms with van der Waals surface area (Å²) < 4.78 is 34.0. The number of nitrogens with one attached hydrogen (secondary N) is 2. The van der Waals surface area contributed by atoms with E-state index in [1.807, 2.05) is 4.90 Å². The number of carbonyl (C=O) groups excluding carboxylic acids is 2. The zero-order chi connectivity index (χ0) is 21.6. The van der Waals surface area contributed by atoms with Crippen molar-refractivity contribution in [1.82, 2.24) is 10.2 Å². The van der Waals surface area contributed by atoms with Crippen molar-refractivity contribution in [2.75, 3.05) is 25.5 Å². The van der Waals surface area contributed by atoms with Crippen molar-refractivity contribution in [3.8, 4) is 0 Å². The van der Waals surface area contributed by atoms with Gasteiger partial charge in [0.25, 0.3) is 10.0 Å². The summed E-state index contributed by atoms with van der Waals surface area (Å²) in [5.41, 5.74) is 0.298. The molecule has 1 aliphatic heterocycles. The first kappa shape index (κ1) is 22.7. The molecule has 1 aromatic carbocycles. The number of alkyl carbamates (subject to hydrolysis) is 1. The summed E-state index contributed by atoms with van der Waals surface area (Å²) in [6.07, 6.45) is 0.793. The van der Waals surface area contributed by atoms with Gasteiger partial charge in [-0.15, -0.1) is 4.40 Å². The van der Waals surface area contributed by atoms with Gasteiger partial charge >= 0.3 is 6.09 Å². The van der Waals surface area contributed by atoms with Crippen molar-refractivity contribution in [3.05, 3.63) is 24.3 Å². The second kappa shape index (κ2) is 9.73. The molecule has 0 spiro atoms. The van der Waals surface area contributed by atoms with Gasteiger partial charge in [-0.3, -0.25) is 4.79 Å². The van der Waals surface area contributed by atoms with Crippen molar-refractivity contribution in [3.63, 3.8) is 0 Å². The Bertz CT molecular complexity index is 882. The molecule has 1 saturated heterocycles. The van der Waals surface area contributed by atoms with Gasteiger partial charge in [0, 0.05) is 25.7 Å². The second-order valence-electron chi connectivity index (χ2n) is 7.11. The SMILES string of the molecule is CCOC(=O)NC(C(=O)Nc1cccc(S(=O)(=O)N=C2CCCN2C)c1)C(C)C. The molecule has 1 fully saturated rings. The second-order valence-corrected chi connectivity index (χ2v) is 8.72. The quantitative estimate of drug-likeness (QED) is 0.693. The fourth-order valence-corrected chi connectivity index (χ4v) is 4.03. The number of anilines is 1. The molecule has 160 valence electrons. The Balaban J connectivity index is 2.18. The van der Waals surface area contributed by atoms with E-state index < -0.39 is 28.1 Å². The van der Waals surface area contributed by atoms with Crippen LogP contribution < -0.4 is 10.6 Å². The Hall–Kier alpha value is -2.62. The van der Waals surface area contributed by atoms with Gasteiger partial charge in [0.15, 0.2) is 0 Å². The largest absolute Gasteiger partial charge is 0.450 e. The molecule has 0 saturated carbocycles. The van der Waals surface area contributed by atoms with Gasteiger partial charge < -0.3 is 20.3 Å². The Morgan fingerprint density at radius 3 is 2.62 bits per heavy atom. The molecule has 0 aliphatic carbocycles. The van der Waals surface area contributed by atoms with E-state index in [0.717, 1.165) is 13.0 Å². The van der Waals surface area contributed by atoms with E-state index in [1.165, 1.54) is 18.2 Å². The molecule has 0 bridgehead atoms. The van der Waals surface area contributed by atoms with E-state index in [2.05, 4.69) is 15.0 Å². The number of sulfonamides is 1. The lowest BCUT2D eigenvalue weighted by molar-refractivity contribution is -0.119. The number of carbonyl (C=O) groups is 2. The van der Waals surface area contributed by atoms with Crippen LogP contribution in [-0.2, 0) is 19.6 Å². The van der Waals surface area contributed by atoms with Crippen molar-refractivity contribution in [1.29, 1.82) is 0 Å². The predicted molar refractivity (Wildman–Crippen MR) is 110 cm³/mol. The Morgan fingerprint density at radius 1 is 1.31 bits per heavy atom. The predicted octanol–water partition coefficient (Wildman–Crippen LogP) is 2.21. The molecule has 0 aromatic heterocycles. The Labute approximate surface area is 171 Å². The van der Waals surface area contributed by atoms with Gasteiger partial charge in [0.2, 0.25) is 5.91 Å². The lowest BCUT2D eigenvalue weighted by Crippen LogP contribution is -2.47. The number of benzene rings is 1. The zero-order valence-electron chi connectivity index (χ0n) is 17.1. The first-order valence-electron chi connectivity index (χ1n) is 9.53. The molecular formula is C19H28N4O5S. The molecule has 0 radical (unpaired) electrons. The molecule has 10 heteroatoms. The third kappa shape index (κ3) is 6.18. The van der Waals surface area contributed by atoms with Gasteiger partial charge in [0.1, 0.15) is 11.9 Å². The molecule has 2 amide bonds. The van der Waals surface area contributed by atoms with Crippen LogP contribution in [-0.4, -0.2) is 57.4 Å². The van der Waals surface area contributed by atoms with Crippen molar-refractivity contribution in [2.24, 2.45) is 10.3 Å². The topological polar surface area (TPSA) is 117 Å². The lowest BCUT2D eigenvalue weighted by Gasteiger charge is -2.21. The molecule has 2 N–H and O–H groups in total. The minimum absolute atomic E-state index is 0.0115. The van der Waals surface area contributed by atoms with Crippen molar-refractivity contribution >= 4 is 33.5 Å². The summed E-state index contributed by atoms with van der Waals surface area (Å²) in [4.78, 5) is 26.1. The highest BCUT2D eigenvalue weighted by atomic mass is 32.2. The van der Waals surface area contributed by atoms with E-state index in [-0.39, 0.29) is 17.4 Å². The van der Waals surface area contributed by atoms with Gasteiger partial charge in [0.05, 0.1) is 11.5 Å². The maximum atomic E-state index is 12.6. The molecule has 2 rings (SSSR count). The van der Waals surface area contributed by atoms with Gasteiger partial charge in [-0.25, -0.2) is 4.79 Å². The highest BCUT2D eigenvalue weighted by molar-refractivity contribution is 7.90. The normalized spacial score (nSPS) is 16.7. The molecule has 1 atom stereocenters. The molecule has 1 heterocycles. The smallest absolute Gasteiger partial charge is 0.407 e. The van der Waals surface area contributed by atoms with E-state index >= 15 is 0 Å². The monoisotopic (exact) mass is 424 g/mol. The standard InChI is InChI=1S/C19H28N4O5S/c1-5-28-19(25)21-17(13(2)3)18(24)20-14-8-6-9-15(12-14)29(26,27)22-16-10-7-11-23(16)4/h6,8-9,12-13,17H,5,7,10-11H2,1-4H3,(H,20,24)(H,21,25). The van der Waals surface area contributed by atoms with E-state index in [0.29, 0.717) is 17.9 Å². The number of ether oxygens (including phenoxy) is 1. The highest BCUT2D eigenvalue weighted by Crippen LogP contribution is 2.20. The molecule has 1 unspecified atom stereocenters. The summed E-state index contributed by atoms with van der Waals surface area (Å²) in [6, 6.07) is 5.06. The average molecular weight is 425 g/mol. The summed E-state index contributed by atoms with van der Waals surface area (Å²) in [5, 5.41) is 5.17. The fraction of sp³-hybridized carbons (Fsp3) is 0.526. The van der Waals surface area contributed by atoms with Crippen LogP contribution in [0.25, 0.3) is 0 Å². The van der Waals surface area contributed by atoms with Crippen molar-refractivity contribution in [2.45, 2.75) is 44.6 Å². The number of likely N-dealkylation sites (tertiary alicyclic amines) is 1. The van der Waals surface area contributed by atoms with Crippen LogP contribution in [0.4, 0.5) is 10.5 Å². The Morgan fingerprint density at radius 2 is 2.03 bits per heavy atom. The minimum Gasteiger partial charge on any atom is -0.450 e. The summed E-state index contributed by atoms with van der Waals surface area (Å²) in [6.45, 7) is 6.20. The highest BCUT2D eigenvalue weighted by Gasteiger charge is 2.25. The fourth-order valence-electron chi connectivity index (χ4n) is 2.89. The van der Waals surface area contributed by atoms with Crippen LogP contribution in [0.2, 0.25) is 0 Å². The minimum atomic E-state index is -3.89. The van der Waals surface area contributed by atoms with Gasteiger partial charge in [-0.05, 0) is 37.5 Å². The number of amidine groups is 1. The lowest BCUT2D eigenvalue weighted by atomic mass is 10.0. The number of hydrogen-bond acceptors (Lipinski definition) is 5. The van der Waals surface area contributed by atoms with Crippen LogP contribution in [0.5, 0.6) is 0 Å². The van der Waals surface area contributed by atoms with Crippen LogP contribution in [0.1, 0.15) is 33.6 Å².